The van der Waals surface area contributed by atoms with Crippen LogP contribution < -0.4 is 0 Å². The monoisotopic (exact) mass is 288 g/mol. The van der Waals surface area contributed by atoms with Gasteiger partial charge in [0, 0.05) is 5.56 Å². The van der Waals surface area contributed by atoms with Crippen LogP contribution in [0.2, 0.25) is 0 Å². The van der Waals surface area contributed by atoms with Gasteiger partial charge in [-0.15, -0.1) is 5.10 Å². The van der Waals surface area contributed by atoms with Gasteiger partial charge in [0.1, 0.15) is 4.88 Å². The molecule has 4 heteroatoms. The maximum Gasteiger partial charge on any atom is 0.206 e. The quantitative estimate of drug-likeness (QED) is 0.798. The zero-order valence-corrected chi connectivity index (χ0v) is 13.3. The highest BCUT2D eigenvalue weighted by Crippen LogP contribution is 2.24. The van der Waals surface area contributed by atoms with Crippen LogP contribution in [0.4, 0.5) is 0 Å². The number of aryl methyl sites for hydroxylation is 1. The normalized spacial score (nSPS) is 11.6. The molecule has 3 nitrogen and oxygen atoms in total. The molecule has 1 aromatic heterocycles. The second kappa shape index (κ2) is 5.83. The van der Waals surface area contributed by atoms with Crippen molar-refractivity contribution < 1.29 is 4.79 Å². The molecule has 0 spiro atoms. The molecule has 0 amide bonds. The number of carbonyl (C=O) groups excluding carboxylic acids is 1. The van der Waals surface area contributed by atoms with E-state index in [1.165, 1.54) is 17.1 Å². The maximum atomic E-state index is 12.5. The van der Waals surface area contributed by atoms with Crippen molar-refractivity contribution in [1.29, 1.82) is 0 Å². The van der Waals surface area contributed by atoms with Crippen LogP contribution in [0.15, 0.2) is 24.3 Å². The van der Waals surface area contributed by atoms with Gasteiger partial charge in [-0.05, 0) is 28.9 Å². The highest BCUT2D eigenvalue weighted by atomic mass is 32.1. The first-order valence-electron chi connectivity index (χ1n) is 6.90. The molecule has 20 heavy (non-hydrogen) atoms. The average Bonchev–Trinajstić information content (AvgIpc) is 2.86. The average molecular weight is 288 g/mol. The van der Waals surface area contributed by atoms with Crippen LogP contribution in [0.1, 0.15) is 60.6 Å². The van der Waals surface area contributed by atoms with Gasteiger partial charge >= 0.3 is 0 Å². The Hall–Kier alpha value is -1.55. The van der Waals surface area contributed by atoms with Gasteiger partial charge in [-0.1, -0.05) is 62.9 Å². The zero-order valence-electron chi connectivity index (χ0n) is 12.4. The van der Waals surface area contributed by atoms with Crippen molar-refractivity contribution in [2.45, 2.75) is 46.0 Å². The van der Waals surface area contributed by atoms with Crippen LogP contribution in [0.3, 0.4) is 0 Å². The Balaban J connectivity index is 2.27. The third-order valence-corrected chi connectivity index (χ3v) is 4.03. The second-order valence-electron chi connectivity index (χ2n) is 5.96. The molecular formula is C16H20N2OS. The van der Waals surface area contributed by atoms with E-state index < -0.39 is 0 Å². The van der Waals surface area contributed by atoms with Gasteiger partial charge in [0.25, 0.3) is 0 Å². The Bertz CT molecular complexity index is 594. The first kappa shape index (κ1) is 14.9. The van der Waals surface area contributed by atoms with Crippen molar-refractivity contribution in [2.75, 3.05) is 0 Å². The molecule has 0 aliphatic heterocycles. The molecule has 0 bridgehead atoms. The minimum absolute atomic E-state index is 0.0314. The highest BCUT2D eigenvalue weighted by molar-refractivity contribution is 7.08. The predicted octanol–water partition coefficient (Wildman–Crippen LogP) is 4.02. The van der Waals surface area contributed by atoms with Crippen molar-refractivity contribution in [3.63, 3.8) is 0 Å². The van der Waals surface area contributed by atoms with Gasteiger partial charge in [-0.25, -0.2) is 0 Å². The minimum atomic E-state index is 0.0314. The Labute approximate surface area is 124 Å². The van der Waals surface area contributed by atoms with E-state index in [1.54, 1.807) is 0 Å². The molecule has 2 rings (SSSR count). The maximum absolute atomic E-state index is 12.5. The molecule has 2 aromatic rings. The van der Waals surface area contributed by atoms with Crippen molar-refractivity contribution in [2.24, 2.45) is 0 Å². The van der Waals surface area contributed by atoms with Gasteiger partial charge < -0.3 is 0 Å². The molecular weight excluding hydrogens is 268 g/mol. The number of hydrogen-bond donors (Lipinski definition) is 0. The summed E-state index contributed by atoms with van der Waals surface area (Å²) in [5, 5.41) is 4.06. The summed E-state index contributed by atoms with van der Waals surface area (Å²) in [5.41, 5.74) is 2.86. The summed E-state index contributed by atoms with van der Waals surface area (Å²) >= 11 is 1.19. The van der Waals surface area contributed by atoms with Crippen LogP contribution in [-0.4, -0.2) is 15.4 Å². The van der Waals surface area contributed by atoms with Gasteiger partial charge in [0.05, 0.1) is 5.69 Å². The number of rotatable bonds is 4. The lowest BCUT2D eigenvalue weighted by Crippen LogP contribution is -2.11. The topological polar surface area (TPSA) is 42.9 Å². The van der Waals surface area contributed by atoms with E-state index in [4.69, 9.17) is 0 Å². The molecule has 1 heterocycles. The third-order valence-electron chi connectivity index (χ3n) is 3.26. The molecule has 0 saturated carbocycles. The summed E-state index contributed by atoms with van der Waals surface area (Å²) in [5.74, 6) is 0.0314. The van der Waals surface area contributed by atoms with E-state index in [2.05, 4.69) is 37.3 Å². The van der Waals surface area contributed by atoms with E-state index in [0.717, 1.165) is 18.5 Å². The van der Waals surface area contributed by atoms with E-state index in [-0.39, 0.29) is 11.2 Å². The lowest BCUT2D eigenvalue weighted by Gasteiger charge is -2.18. The number of benzene rings is 1. The Morgan fingerprint density at radius 1 is 1.20 bits per heavy atom. The minimum Gasteiger partial charge on any atom is -0.288 e. The van der Waals surface area contributed by atoms with E-state index in [0.29, 0.717) is 10.4 Å². The van der Waals surface area contributed by atoms with Gasteiger partial charge in [-0.2, -0.15) is 0 Å². The van der Waals surface area contributed by atoms with Crippen LogP contribution in [0.5, 0.6) is 0 Å². The summed E-state index contributed by atoms with van der Waals surface area (Å²) in [7, 11) is 0. The van der Waals surface area contributed by atoms with Crippen LogP contribution in [-0.2, 0) is 11.8 Å². The number of carbonyl (C=O) groups is 1. The van der Waals surface area contributed by atoms with Crippen LogP contribution >= 0.6 is 11.5 Å². The van der Waals surface area contributed by atoms with E-state index in [1.807, 2.05) is 24.3 Å². The summed E-state index contributed by atoms with van der Waals surface area (Å²) in [6.45, 7) is 8.56. The lowest BCUT2D eigenvalue weighted by atomic mass is 9.86. The van der Waals surface area contributed by atoms with Crippen molar-refractivity contribution >= 4 is 17.3 Å². The Morgan fingerprint density at radius 2 is 1.85 bits per heavy atom. The van der Waals surface area contributed by atoms with Crippen LogP contribution in [0.25, 0.3) is 0 Å². The molecule has 106 valence electrons. The Morgan fingerprint density at radius 3 is 2.40 bits per heavy atom. The fourth-order valence-electron chi connectivity index (χ4n) is 2.03. The Kier molecular flexibility index (Phi) is 4.33. The van der Waals surface area contributed by atoms with Crippen molar-refractivity contribution in [3.05, 3.63) is 46.0 Å². The predicted molar refractivity (Wildman–Crippen MR) is 82.5 cm³/mol. The first-order valence-corrected chi connectivity index (χ1v) is 7.67. The first-order chi connectivity index (χ1) is 9.43. The summed E-state index contributed by atoms with van der Waals surface area (Å²) < 4.78 is 3.91. The van der Waals surface area contributed by atoms with Gasteiger partial charge in [0.2, 0.25) is 5.78 Å². The van der Waals surface area contributed by atoms with Gasteiger partial charge in [0.15, 0.2) is 0 Å². The molecule has 0 saturated heterocycles. The number of hydrogen-bond acceptors (Lipinski definition) is 4. The molecule has 0 radical (unpaired) electrons. The molecule has 0 aliphatic rings. The molecule has 0 N–H and O–H groups in total. The van der Waals surface area contributed by atoms with Crippen LogP contribution in [0, 0.1) is 0 Å². The number of ketones is 1. The SMILES string of the molecule is CCCc1nnsc1C(=O)c1ccc(C(C)(C)C)cc1. The summed E-state index contributed by atoms with van der Waals surface area (Å²) in [6, 6.07) is 7.86. The third kappa shape index (κ3) is 3.12. The van der Waals surface area contributed by atoms with Crippen molar-refractivity contribution in [3.8, 4) is 0 Å². The van der Waals surface area contributed by atoms with E-state index in [9.17, 15) is 4.79 Å². The van der Waals surface area contributed by atoms with Gasteiger partial charge in [-0.3, -0.25) is 4.79 Å². The lowest BCUT2D eigenvalue weighted by molar-refractivity contribution is 0.104. The zero-order chi connectivity index (χ0) is 14.8. The second-order valence-corrected chi connectivity index (χ2v) is 6.71. The summed E-state index contributed by atoms with van der Waals surface area (Å²) in [6.07, 6.45) is 1.77. The largest absolute Gasteiger partial charge is 0.288 e. The molecule has 0 atom stereocenters. The fourth-order valence-corrected chi connectivity index (χ4v) is 2.70. The summed E-state index contributed by atoms with van der Waals surface area (Å²) in [4.78, 5) is 13.2. The molecule has 0 unspecified atom stereocenters. The number of aromatic nitrogens is 2. The van der Waals surface area contributed by atoms with E-state index >= 15 is 0 Å². The standard InChI is InChI=1S/C16H20N2OS/c1-5-6-13-15(20-18-17-13)14(19)11-7-9-12(10-8-11)16(2,3)4/h7-10H,5-6H2,1-4H3. The number of nitrogens with zero attached hydrogens (tertiary/aromatic N) is 2. The molecule has 0 fully saturated rings. The highest BCUT2D eigenvalue weighted by Gasteiger charge is 2.19. The molecule has 1 aromatic carbocycles. The smallest absolute Gasteiger partial charge is 0.206 e. The fraction of sp³-hybridized carbons (Fsp3) is 0.438. The van der Waals surface area contributed by atoms with Crippen molar-refractivity contribution in [1.82, 2.24) is 9.59 Å². The molecule has 0 aliphatic carbocycles.